The van der Waals surface area contributed by atoms with Crippen molar-refractivity contribution in [3.63, 3.8) is 0 Å². The molecule has 0 bridgehead atoms. The number of ketones is 1. The van der Waals surface area contributed by atoms with Gasteiger partial charge in [0.05, 0.1) is 0 Å². The number of hydrogen-bond donors (Lipinski definition) is 0. The van der Waals surface area contributed by atoms with Crippen LogP contribution in [-0.2, 0) is 4.79 Å². The number of rotatable bonds is 4. The molecule has 0 aromatic heterocycles. The summed E-state index contributed by atoms with van der Waals surface area (Å²) in [7, 11) is 0. The average molecular weight is 190 g/mol. The molecule has 1 aromatic rings. The third-order valence-corrected chi connectivity index (χ3v) is 1.67. The van der Waals surface area contributed by atoms with Crippen molar-refractivity contribution in [1.29, 1.82) is 0 Å². The molecule has 0 amide bonds. The van der Waals surface area contributed by atoms with Gasteiger partial charge in [0.1, 0.15) is 5.75 Å². The quantitative estimate of drug-likeness (QED) is 0.407. The second kappa shape index (κ2) is 4.94. The van der Waals surface area contributed by atoms with E-state index in [0.29, 0.717) is 5.75 Å². The summed E-state index contributed by atoms with van der Waals surface area (Å²) >= 11 is 0. The SMILES string of the molecule is Cc1ccccc1OCC(=O)C=[N+]=[N-]. The van der Waals surface area contributed by atoms with Crippen molar-refractivity contribution in [2.75, 3.05) is 6.61 Å². The van der Waals surface area contributed by atoms with E-state index in [1.165, 1.54) is 0 Å². The van der Waals surface area contributed by atoms with Gasteiger partial charge in [-0.1, -0.05) is 18.2 Å². The predicted molar refractivity (Wildman–Crippen MR) is 51.4 cm³/mol. The van der Waals surface area contributed by atoms with Crippen molar-refractivity contribution in [3.05, 3.63) is 35.4 Å². The van der Waals surface area contributed by atoms with Gasteiger partial charge in [0.25, 0.3) is 5.78 Å². The highest BCUT2D eigenvalue weighted by molar-refractivity contribution is 6.25. The van der Waals surface area contributed by atoms with Gasteiger partial charge in [0.2, 0.25) is 0 Å². The Hall–Kier alpha value is -1.93. The smallest absolute Gasteiger partial charge is 0.326 e. The number of Topliss-reactive ketones (excluding diaryl/α,β-unsaturated/α-hetero) is 1. The molecule has 0 N–H and O–H groups in total. The monoisotopic (exact) mass is 190 g/mol. The van der Waals surface area contributed by atoms with Crippen molar-refractivity contribution in [1.82, 2.24) is 0 Å². The molecule has 14 heavy (non-hydrogen) atoms. The fourth-order valence-corrected chi connectivity index (χ4v) is 0.969. The van der Waals surface area contributed by atoms with Crippen LogP contribution in [0.5, 0.6) is 5.75 Å². The normalized spacial score (nSPS) is 8.93. The molecule has 0 atom stereocenters. The van der Waals surface area contributed by atoms with Crippen molar-refractivity contribution in [2.45, 2.75) is 6.92 Å². The standard InChI is InChI=1S/C10H10N2O2/c1-8-4-2-3-5-10(8)14-7-9(13)6-12-11/h2-6H,7H2,1H3. The van der Waals surface area contributed by atoms with E-state index in [0.717, 1.165) is 11.8 Å². The number of hydrogen-bond acceptors (Lipinski definition) is 2. The summed E-state index contributed by atoms with van der Waals surface area (Å²) in [5, 5.41) is 0. The van der Waals surface area contributed by atoms with Crippen LogP contribution in [0.1, 0.15) is 5.56 Å². The third kappa shape index (κ3) is 2.84. The van der Waals surface area contributed by atoms with Crippen molar-refractivity contribution in [2.24, 2.45) is 0 Å². The van der Waals surface area contributed by atoms with E-state index >= 15 is 0 Å². The molecule has 0 aliphatic carbocycles. The molecule has 1 aromatic carbocycles. The van der Waals surface area contributed by atoms with Gasteiger partial charge >= 0.3 is 6.21 Å². The Balaban J connectivity index is 2.58. The van der Waals surface area contributed by atoms with Crippen LogP contribution < -0.4 is 4.74 Å². The van der Waals surface area contributed by atoms with Gasteiger partial charge in [-0.25, -0.2) is 0 Å². The van der Waals surface area contributed by atoms with Crippen LogP contribution in [0.4, 0.5) is 0 Å². The fourth-order valence-electron chi connectivity index (χ4n) is 0.969. The molecule has 0 heterocycles. The van der Waals surface area contributed by atoms with E-state index in [2.05, 4.69) is 4.79 Å². The van der Waals surface area contributed by atoms with E-state index in [1.807, 2.05) is 25.1 Å². The van der Waals surface area contributed by atoms with Crippen LogP contribution in [0.15, 0.2) is 24.3 Å². The average Bonchev–Trinajstić information content (AvgIpc) is 2.17. The summed E-state index contributed by atoms with van der Waals surface area (Å²) in [4.78, 5) is 13.5. The number of para-hydroxylation sites is 1. The Morgan fingerprint density at radius 1 is 1.57 bits per heavy atom. The van der Waals surface area contributed by atoms with Crippen LogP contribution in [0, 0.1) is 6.92 Å². The number of benzene rings is 1. The van der Waals surface area contributed by atoms with Crippen LogP contribution in [0.25, 0.3) is 5.53 Å². The lowest BCUT2D eigenvalue weighted by molar-refractivity contribution is -0.117. The lowest BCUT2D eigenvalue weighted by Crippen LogP contribution is -2.12. The zero-order valence-electron chi connectivity index (χ0n) is 7.80. The molecule has 0 radical (unpaired) electrons. The van der Waals surface area contributed by atoms with E-state index in [1.54, 1.807) is 6.07 Å². The summed E-state index contributed by atoms with van der Waals surface area (Å²) in [6.45, 7) is 1.77. The van der Waals surface area contributed by atoms with Crippen molar-refractivity contribution < 1.29 is 14.3 Å². The summed E-state index contributed by atoms with van der Waals surface area (Å²) in [5.41, 5.74) is 9.04. The molecular weight excluding hydrogens is 180 g/mol. The van der Waals surface area contributed by atoms with Crippen LogP contribution in [0.3, 0.4) is 0 Å². The fraction of sp³-hybridized carbons (Fsp3) is 0.200. The minimum absolute atomic E-state index is 0.116. The van der Waals surface area contributed by atoms with E-state index < -0.39 is 0 Å². The predicted octanol–water partition coefficient (Wildman–Crippen LogP) is 1.24. The number of aryl methyl sites for hydroxylation is 1. The maximum atomic E-state index is 10.9. The lowest BCUT2D eigenvalue weighted by atomic mass is 10.2. The molecule has 0 aliphatic rings. The van der Waals surface area contributed by atoms with Gasteiger partial charge in [0, 0.05) is 0 Å². The van der Waals surface area contributed by atoms with Crippen molar-refractivity contribution in [3.8, 4) is 5.75 Å². The van der Waals surface area contributed by atoms with Crippen LogP contribution in [-0.4, -0.2) is 23.4 Å². The van der Waals surface area contributed by atoms with Gasteiger partial charge in [-0.3, -0.25) is 4.79 Å². The highest BCUT2D eigenvalue weighted by atomic mass is 16.5. The first-order chi connectivity index (χ1) is 6.74. The topological polar surface area (TPSA) is 62.7 Å². The molecule has 0 aliphatic heterocycles. The molecule has 0 saturated heterocycles. The molecule has 1 rings (SSSR count). The number of nitrogens with zero attached hydrogens (tertiary/aromatic N) is 2. The van der Waals surface area contributed by atoms with Gasteiger partial charge < -0.3 is 10.3 Å². The molecule has 0 saturated carbocycles. The van der Waals surface area contributed by atoms with Gasteiger partial charge in [0.15, 0.2) is 6.61 Å². The number of carbonyl (C=O) groups excluding carboxylic acids is 1. The Morgan fingerprint density at radius 3 is 2.93 bits per heavy atom. The number of carbonyl (C=O) groups is 1. The van der Waals surface area contributed by atoms with E-state index in [-0.39, 0.29) is 12.4 Å². The lowest BCUT2D eigenvalue weighted by Gasteiger charge is -2.04. The van der Waals surface area contributed by atoms with Crippen LogP contribution >= 0.6 is 0 Å². The van der Waals surface area contributed by atoms with Gasteiger partial charge in [-0.2, -0.15) is 4.79 Å². The highest BCUT2D eigenvalue weighted by Gasteiger charge is 2.04. The first-order valence-corrected chi connectivity index (χ1v) is 4.12. The largest absolute Gasteiger partial charge is 0.485 e. The van der Waals surface area contributed by atoms with Crippen LogP contribution in [0.2, 0.25) is 0 Å². The zero-order chi connectivity index (χ0) is 10.4. The maximum absolute atomic E-state index is 10.9. The molecule has 4 heteroatoms. The van der Waals surface area contributed by atoms with Gasteiger partial charge in [-0.05, 0) is 18.6 Å². The summed E-state index contributed by atoms with van der Waals surface area (Å²) in [6.07, 6.45) is 0.818. The van der Waals surface area contributed by atoms with E-state index in [4.69, 9.17) is 10.3 Å². The molecule has 4 nitrogen and oxygen atoms in total. The molecule has 72 valence electrons. The Morgan fingerprint density at radius 2 is 2.29 bits per heavy atom. The Labute approximate surface area is 81.7 Å². The van der Waals surface area contributed by atoms with Crippen molar-refractivity contribution >= 4 is 12.0 Å². The molecule has 0 fully saturated rings. The second-order valence-corrected chi connectivity index (χ2v) is 2.77. The Kier molecular flexibility index (Phi) is 3.58. The first-order valence-electron chi connectivity index (χ1n) is 4.12. The summed E-state index contributed by atoms with van der Waals surface area (Å²) in [5.74, 6) is 0.281. The zero-order valence-corrected chi connectivity index (χ0v) is 7.80. The minimum Gasteiger partial charge on any atom is -0.485 e. The highest BCUT2D eigenvalue weighted by Crippen LogP contribution is 2.15. The maximum Gasteiger partial charge on any atom is 0.326 e. The summed E-state index contributed by atoms with van der Waals surface area (Å²) < 4.78 is 5.20. The number of ether oxygens (including phenoxy) is 1. The third-order valence-electron chi connectivity index (χ3n) is 1.67. The molecule has 0 unspecified atom stereocenters. The second-order valence-electron chi connectivity index (χ2n) is 2.77. The van der Waals surface area contributed by atoms with Gasteiger partial charge in [-0.15, -0.1) is 0 Å². The Bertz CT molecular complexity index is 381. The molecular formula is C10H10N2O2. The minimum atomic E-state index is -0.379. The first kappa shape index (κ1) is 10.2. The molecule has 0 spiro atoms. The van der Waals surface area contributed by atoms with E-state index in [9.17, 15) is 4.79 Å². The summed E-state index contributed by atoms with van der Waals surface area (Å²) in [6, 6.07) is 7.38.